The summed E-state index contributed by atoms with van der Waals surface area (Å²) in [5.74, 6) is -0.807. The molecule has 1 aromatic heterocycles. The summed E-state index contributed by atoms with van der Waals surface area (Å²) in [6.45, 7) is 2.86. The van der Waals surface area contributed by atoms with Gasteiger partial charge in [-0.25, -0.2) is 5.10 Å². The van der Waals surface area contributed by atoms with Gasteiger partial charge in [-0.1, -0.05) is 24.3 Å². The number of nitrogens with zero attached hydrogens (tertiary/aromatic N) is 3. The first-order valence-electron chi connectivity index (χ1n) is 9.09. The maximum Gasteiger partial charge on any atom is 0.317 e. The van der Waals surface area contributed by atoms with Gasteiger partial charge in [0.2, 0.25) is 0 Å². The average Bonchev–Trinajstić information content (AvgIpc) is 2.69. The fraction of sp³-hybridized carbons (Fsp3) is 0.250. The van der Waals surface area contributed by atoms with Gasteiger partial charge in [-0.05, 0) is 18.2 Å². The molecule has 2 aromatic carbocycles. The van der Waals surface area contributed by atoms with Gasteiger partial charge >= 0.3 is 5.97 Å². The second-order valence-electron chi connectivity index (χ2n) is 6.88. The van der Waals surface area contributed by atoms with Crippen molar-refractivity contribution in [1.82, 2.24) is 15.1 Å². The minimum Gasteiger partial charge on any atom is -0.480 e. The number of hydrogen-bond acceptors (Lipinski definition) is 6. The van der Waals surface area contributed by atoms with Crippen molar-refractivity contribution in [2.24, 2.45) is 0 Å². The smallest absolute Gasteiger partial charge is 0.317 e. The highest BCUT2D eigenvalue weighted by molar-refractivity contribution is 5.94. The maximum atomic E-state index is 12.0. The molecule has 0 unspecified atom stereocenters. The zero-order chi connectivity index (χ0) is 19.7. The van der Waals surface area contributed by atoms with E-state index in [-0.39, 0.29) is 12.1 Å². The molecule has 0 atom stereocenters. The van der Waals surface area contributed by atoms with Gasteiger partial charge < -0.3 is 15.7 Å². The van der Waals surface area contributed by atoms with E-state index in [1.54, 1.807) is 6.07 Å². The van der Waals surface area contributed by atoms with Crippen LogP contribution in [0.15, 0.2) is 47.3 Å². The molecule has 1 fully saturated rings. The molecule has 28 heavy (non-hydrogen) atoms. The quantitative estimate of drug-likeness (QED) is 0.587. The van der Waals surface area contributed by atoms with Crippen LogP contribution in [0.25, 0.3) is 22.0 Å². The fourth-order valence-electron chi connectivity index (χ4n) is 3.66. The molecule has 4 rings (SSSR count). The highest BCUT2D eigenvalue weighted by Crippen LogP contribution is 2.31. The summed E-state index contributed by atoms with van der Waals surface area (Å²) in [7, 11) is 0. The summed E-state index contributed by atoms with van der Waals surface area (Å²) in [4.78, 5) is 26.9. The van der Waals surface area contributed by atoms with E-state index < -0.39 is 5.97 Å². The summed E-state index contributed by atoms with van der Waals surface area (Å²) >= 11 is 0. The van der Waals surface area contributed by atoms with E-state index in [0.717, 1.165) is 29.7 Å². The largest absolute Gasteiger partial charge is 0.480 e. The number of carboxylic acids is 1. The Morgan fingerprint density at radius 1 is 1.11 bits per heavy atom. The molecule has 1 saturated heterocycles. The summed E-state index contributed by atoms with van der Waals surface area (Å²) in [5.41, 5.74) is 9.17. The van der Waals surface area contributed by atoms with Gasteiger partial charge in [0.15, 0.2) is 0 Å². The number of piperazine rings is 1. The lowest BCUT2D eigenvalue weighted by Gasteiger charge is -2.35. The minimum atomic E-state index is -0.807. The Hall–Kier alpha value is -3.39. The number of nitrogens with one attached hydrogen (secondary N) is 1. The molecular weight excluding hydrogens is 358 g/mol. The van der Waals surface area contributed by atoms with Gasteiger partial charge in [0.1, 0.15) is 0 Å². The van der Waals surface area contributed by atoms with Crippen LogP contribution in [-0.2, 0) is 4.79 Å². The van der Waals surface area contributed by atoms with Crippen molar-refractivity contribution >= 4 is 28.1 Å². The van der Waals surface area contributed by atoms with Gasteiger partial charge in [-0.15, -0.1) is 0 Å². The molecule has 0 spiro atoms. The predicted molar refractivity (Wildman–Crippen MR) is 109 cm³/mol. The summed E-state index contributed by atoms with van der Waals surface area (Å²) in [6.07, 6.45) is 0. The van der Waals surface area contributed by atoms with Crippen LogP contribution >= 0.6 is 0 Å². The number of nitrogens with two attached hydrogens (primary N) is 1. The van der Waals surface area contributed by atoms with Gasteiger partial charge in [-0.2, -0.15) is 5.10 Å². The average molecular weight is 379 g/mol. The van der Waals surface area contributed by atoms with Crippen LogP contribution in [0.4, 0.5) is 11.4 Å². The molecule has 8 heteroatoms. The van der Waals surface area contributed by atoms with Crippen LogP contribution in [-0.4, -0.2) is 58.9 Å². The van der Waals surface area contributed by atoms with Crippen molar-refractivity contribution < 1.29 is 9.90 Å². The van der Waals surface area contributed by atoms with Crippen LogP contribution in [0, 0.1) is 0 Å². The van der Waals surface area contributed by atoms with Crippen LogP contribution in [0.2, 0.25) is 0 Å². The Morgan fingerprint density at radius 2 is 1.82 bits per heavy atom. The molecule has 2 heterocycles. The predicted octanol–water partition coefficient (Wildman–Crippen LogP) is 1.38. The zero-order valence-corrected chi connectivity index (χ0v) is 15.3. The Balaban J connectivity index is 1.61. The van der Waals surface area contributed by atoms with Crippen LogP contribution < -0.4 is 16.2 Å². The van der Waals surface area contributed by atoms with Crippen molar-refractivity contribution in [2.45, 2.75) is 0 Å². The number of aromatic nitrogens is 2. The van der Waals surface area contributed by atoms with Crippen LogP contribution in [0.5, 0.6) is 0 Å². The first-order valence-corrected chi connectivity index (χ1v) is 9.09. The van der Waals surface area contributed by atoms with E-state index in [1.165, 1.54) is 0 Å². The lowest BCUT2D eigenvalue weighted by molar-refractivity contribution is -0.138. The fourth-order valence-corrected chi connectivity index (χ4v) is 3.66. The highest BCUT2D eigenvalue weighted by atomic mass is 16.4. The molecule has 0 saturated carbocycles. The standard InChI is InChI=1S/C20H21N5O3/c21-16-11-13(19-14-3-1-2-4-15(14)20(28)23-22-19)5-6-17(16)25-9-7-24(8-10-25)12-18(26)27/h1-6,11H,7-10,12,21H2,(H,23,28)(H,26,27). The molecule has 4 N–H and O–H groups in total. The third-order valence-corrected chi connectivity index (χ3v) is 5.07. The molecule has 0 amide bonds. The number of rotatable bonds is 4. The summed E-state index contributed by atoms with van der Waals surface area (Å²) in [6, 6.07) is 13.1. The topological polar surface area (TPSA) is 116 Å². The lowest BCUT2D eigenvalue weighted by atomic mass is 10.0. The van der Waals surface area contributed by atoms with Crippen molar-refractivity contribution in [3.63, 3.8) is 0 Å². The highest BCUT2D eigenvalue weighted by Gasteiger charge is 2.20. The van der Waals surface area contributed by atoms with Gasteiger partial charge in [-0.3, -0.25) is 14.5 Å². The number of carbonyl (C=O) groups is 1. The van der Waals surface area contributed by atoms with Crippen molar-refractivity contribution in [3.05, 3.63) is 52.8 Å². The lowest BCUT2D eigenvalue weighted by Crippen LogP contribution is -2.48. The first kappa shape index (κ1) is 18.0. The number of nitrogen functional groups attached to an aromatic ring is 1. The second-order valence-corrected chi connectivity index (χ2v) is 6.88. The number of fused-ring (bicyclic) bond motifs is 1. The number of H-pyrrole nitrogens is 1. The number of hydrogen-bond donors (Lipinski definition) is 3. The van der Waals surface area contributed by atoms with Crippen molar-refractivity contribution in [2.75, 3.05) is 43.4 Å². The van der Waals surface area contributed by atoms with Gasteiger partial charge in [0.05, 0.1) is 29.0 Å². The molecule has 1 aliphatic heterocycles. The van der Waals surface area contributed by atoms with Crippen LogP contribution in [0.1, 0.15) is 0 Å². The molecule has 0 radical (unpaired) electrons. The first-order chi connectivity index (χ1) is 13.5. The molecule has 0 aliphatic carbocycles. The molecule has 1 aliphatic rings. The summed E-state index contributed by atoms with van der Waals surface area (Å²) in [5, 5.41) is 17.1. The number of benzene rings is 2. The Morgan fingerprint density at radius 3 is 2.50 bits per heavy atom. The monoisotopic (exact) mass is 379 g/mol. The normalized spacial score (nSPS) is 15.1. The molecule has 8 nitrogen and oxygen atoms in total. The summed E-state index contributed by atoms with van der Waals surface area (Å²) < 4.78 is 0. The van der Waals surface area contributed by atoms with Gasteiger partial charge in [0.25, 0.3) is 5.56 Å². The minimum absolute atomic E-state index is 0.0627. The van der Waals surface area contributed by atoms with E-state index >= 15 is 0 Å². The third kappa shape index (κ3) is 3.41. The van der Waals surface area contributed by atoms with E-state index in [0.29, 0.717) is 29.9 Å². The molecule has 3 aromatic rings. The molecule has 0 bridgehead atoms. The van der Waals surface area contributed by atoms with E-state index in [4.69, 9.17) is 10.8 Å². The van der Waals surface area contributed by atoms with Gasteiger partial charge in [0, 0.05) is 37.1 Å². The Labute approximate surface area is 161 Å². The number of aliphatic carboxylic acids is 1. The van der Waals surface area contributed by atoms with E-state index in [2.05, 4.69) is 15.1 Å². The van der Waals surface area contributed by atoms with E-state index in [1.807, 2.05) is 41.3 Å². The van der Waals surface area contributed by atoms with E-state index in [9.17, 15) is 9.59 Å². The molecule has 144 valence electrons. The van der Waals surface area contributed by atoms with Crippen LogP contribution in [0.3, 0.4) is 0 Å². The zero-order valence-electron chi connectivity index (χ0n) is 15.3. The number of carboxylic acid groups (broad SMARTS) is 1. The van der Waals surface area contributed by atoms with Crippen molar-refractivity contribution in [1.29, 1.82) is 0 Å². The maximum absolute atomic E-state index is 12.0. The van der Waals surface area contributed by atoms with Crippen molar-refractivity contribution in [3.8, 4) is 11.3 Å². The number of aromatic amines is 1. The second kappa shape index (κ2) is 7.32. The molecular formula is C20H21N5O3. The number of anilines is 2. The Bertz CT molecular complexity index is 1090. The third-order valence-electron chi connectivity index (χ3n) is 5.07. The SMILES string of the molecule is Nc1cc(-c2n[nH]c(=O)c3ccccc23)ccc1N1CCN(CC(=O)O)CC1. The Kier molecular flexibility index (Phi) is 4.70.